The van der Waals surface area contributed by atoms with E-state index < -0.39 is 11.8 Å². The SMILES string of the molecule is COc1ccc(/C=C2\C(=O)NC(=S)N(c3ccccc3C)C2=O)cc1OC. The number of carbonyl (C=O) groups is 2. The molecule has 0 aliphatic carbocycles. The van der Waals surface area contributed by atoms with E-state index in [0.717, 1.165) is 5.56 Å². The summed E-state index contributed by atoms with van der Waals surface area (Å²) >= 11 is 5.22. The summed E-state index contributed by atoms with van der Waals surface area (Å²) in [6, 6.07) is 12.5. The molecule has 0 atom stereocenters. The van der Waals surface area contributed by atoms with E-state index in [1.807, 2.05) is 25.1 Å². The van der Waals surface area contributed by atoms with Crippen molar-refractivity contribution in [3.05, 3.63) is 59.2 Å². The van der Waals surface area contributed by atoms with E-state index in [4.69, 9.17) is 21.7 Å². The largest absolute Gasteiger partial charge is 0.493 e. The maximum atomic E-state index is 13.0. The Hall–Kier alpha value is -3.19. The predicted molar refractivity (Wildman–Crippen MR) is 107 cm³/mol. The maximum absolute atomic E-state index is 13.0. The van der Waals surface area contributed by atoms with Gasteiger partial charge in [0.05, 0.1) is 19.9 Å². The number of nitrogens with one attached hydrogen (secondary N) is 1. The van der Waals surface area contributed by atoms with Crippen LogP contribution in [0.3, 0.4) is 0 Å². The average molecular weight is 382 g/mol. The quantitative estimate of drug-likeness (QED) is 0.500. The van der Waals surface area contributed by atoms with Crippen molar-refractivity contribution < 1.29 is 19.1 Å². The Balaban J connectivity index is 2.03. The molecular formula is C20H18N2O4S. The maximum Gasteiger partial charge on any atom is 0.270 e. The van der Waals surface area contributed by atoms with Crippen molar-refractivity contribution in [3.63, 3.8) is 0 Å². The Labute approximate surface area is 162 Å². The summed E-state index contributed by atoms with van der Waals surface area (Å²) in [4.78, 5) is 26.8. The van der Waals surface area contributed by atoms with Crippen LogP contribution in [-0.4, -0.2) is 31.1 Å². The second-order valence-electron chi connectivity index (χ2n) is 5.86. The lowest BCUT2D eigenvalue weighted by Crippen LogP contribution is -2.54. The van der Waals surface area contributed by atoms with Crippen LogP contribution < -0.4 is 19.7 Å². The van der Waals surface area contributed by atoms with Crippen LogP contribution in [0.1, 0.15) is 11.1 Å². The fraction of sp³-hybridized carbons (Fsp3) is 0.150. The molecule has 0 spiro atoms. The van der Waals surface area contributed by atoms with Gasteiger partial charge in [-0.25, -0.2) is 0 Å². The molecule has 1 heterocycles. The topological polar surface area (TPSA) is 67.9 Å². The molecule has 3 rings (SSSR count). The van der Waals surface area contributed by atoms with Crippen molar-refractivity contribution in [1.29, 1.82) is 0 Å². The zero-order chi connectivity index (χ0) is 19.6. The van der Waals surface area contributed by atoms with E-state index in [0.29, 0.717) is 22.7 Å². The van der Waals surface area contributed by atoms with Crippen molar-refractivity contribution in [2.75, 3.05) is 19.1 Å². The van der Waals surface area contributed by atoms with Crippen LogP contribution in [0.5, 0.6) is 11.5 Å². The molecule has 1 fully saturated rings. The molecule has 0 radical (unpaired) electrons. The van der Waals surface area contributed by atoms with Crippen LogP contribution in [0.15, 0.2) is 48.0 Å². The summed E-state index contributed by atoms with van der Waals surface area (Å²) in [5, 5.41) is 2.64. The molecule has 6 nitrogen and oxygen atoms in total. The van der Waals surface area contributed by atoms with Crippen LogP contribution >= 0.6 is 12.2 Å². The summed E-state index contributed by atoms with van der Waals surface area (Å²) in [6.07, 6.45) is 1.51. The van der Waals surface area contributed by atoms with E-state index in [1.54, 1.807) is 24.3 Å². The Morgan fingerprint density at radius 3 is 2.41 bits per heavy atom. The average Bonchev–Trinajstić information content (AvgIpc) is 2.66. The number of anilines is 1. The lowest BCUT2D eigenvalue weighted by atomic mass is 10.1. The molecule has 0 saturated carbocycles. The standard InChI is InChI=1S/C20H18N2O4S/c1-12-6-4-5-7-15(12)22-19(24)14(18(23)21-20(22)27)10-13-8-9-16(25-2)17(11-13)26-3/h4-11H,1-3H3,(H,21,23,27)/b14-10+. The number of rotatable bonds is 4. The second kappa shape index (κ2) is 7.59. The van der Waals surface area contributed by atoms with Gasteiger partial charge in [0.2, 0.25) is 0 Å². The van der Waals surface area contributed by atoms with Gasteiger partial charge in [-0.3, -0.25) is 19.8 Å². The van der Waals surface area contributed by atoms with Crippen LogP contribution in [0, 0.1) is 6.92 Å². The van der Waals surface area contributed by atoms with Gasteiger partial charge in [-0.2, -0.15) is 0 Å². The highest BCUT2D eigenvalue weighted by molar-refractivity contribution is 7.80. The first-order valence-corrected chi connectivity index (χ1v) is 8.56. The van der Waals surface area contributed by atoms with Crippen LogP contribution in [0.4, 0.5) is 5.69 Å². The molecule has 0 aromatic heterocycles. The molecule has 2 aromatic rings. The summed E-state index contributed by atoms with van der Waals surface area (Å²) in [5.41, 5.74) is 2.11. The van der Waals surface area contributed by atoms with E-state index in [2.05, 4.69) is 5.32 Å². The number of hydrogen-bond acceptors (Lipinski definition) is 5. The number of benzene rings is 2. The minimum atomic E-state index is -0.537. The number of para-hydroxylation sites is 1. The van der Waals surface area contributed by atoms with Crippen LogP contribution in [0.2, 0.25) is 0 Å². The number of aryl methyl sites for hydroxylation is 1. The molecule has 27 heavy (non-hydrogen) atoms. The highest BCUT2D eigenvalue weighted by atomic mass is 32.1. The summed E-state index contributed by atoms with van der Waals surface area (Å²) in [7, 11) is 3.06. The number of hydrogen-bond donors (Lipinski definition) is 1. The fourth-order valence-electron chi connectivity index (χ4n) is 2.80. The van der Waals surface area contributed by atoms with Crippen molar-refractivity contribution in [2.24, 2.45) is 0 Å². The second-order valence-corrected chi connectivity index (χ2v) is 6.25. The van der Waals surface area contributed by atoms with Gasteiger partial charge < -0.3 is 9.47 Å². The number of carbonyl (C=O) groups excluding carboxylic acids is 2. The molecule has 1 N–H and O–H groups in total. The molecular weight excluding hydrogens is 364 g/mol. The molecule has 1 saturated heterocycles. The van der Waals surface area contributed by atoms with Gasteiger partial charge >= 0.3 is 0 Å². The Morgan fingerprint density at radius 1 is 1.04 bits per heavy atom. The van der Waals surface area contributed by atoms with E-state index >= 15 is 0 Å². The van der Waals surface area contributed by atoms with Gasteiger partial charge in [0.15, 0.2) is 16.6 Å². The lowest BCUT2D eigenvalue weighted by molar-refractivity contribution is -0.122. The van der Waals surface area contributed by atoms with Gasteiger partial charge in [-0.1, -0.05) is 24.3 Å². The molecule has 2 aromatic carbocycles. The molecule has 138 valence electrons. The first kappa shape index (κ1) is 18.6. The number of amides is 2. The van der Waals surface area contributed by atoms with Crippen molar-refractivity contribution >= 4 is 40.9 Å². The number of nitrogens with zero attached hydrogens (tertiary/aromatic N) is 1. The zero-order valence-corrected chi connectivity index (χ0v) is 15.9. The predicted octanol–water partition coefficient (Wildman–Crippen LogP) is 2.84. The van der Waals surface area contributed by atoms with Gasteiger partial charge in [0.1, 0.15) is 5.57 Å². The molecule has 0 bridgehead atoms. The lowest BCUT2D eigenvalue weighted by Gasteiger charge is -2.30. The van der Waals surface area contributed by atoms with Crippen LogP contribution in [-0.2, 0) is 9.59 Å². The molecule has 1 aliphatic rings. The van der Waals surface area contributed by atoms with Gasteiger partial charge in [0, 0.05) is 0 Å². The van der Waals surface area contributed by atoms with Crippen molar-refractivity contribution in [1.82, 2.24) is 5.32 Å². The summed E-state index contributed by atoms with van der Waals surface area (Å²) < 4.78 is 10.5. The van der Waals surface area contributed by atoms with E-state index in [9.17, 15) is 9.59 Å². The summed E-state index contributed by atoms with van der Waals surface area (Å²) in [5.74, 6) is 0.0426. The van der Waals surface area contributed by atoms with Gasteiger partial charge in [-0.15, -0.1) is 0 Å². The third-order valence-corrected chi connectivity index (χ3v) is 4.46. The first-order valence-electron chi connectivity index (χ1n) is 8.15. The molecule has 7 heteroatoms. The zero-order valence-electron chi connectivity index (χ0n) is 15.1. The van der Waals surface area contributed by atoms with E-state index in [-0.39, 0.29) is 10.7 Å². The Kier molecular flexibility index (Phi) is 5.23. The minimum absolute atomic E-state index is 0.0147. The normalized spacial score (nSPS) is 15.7. The minimum Gasteiger partial charge on any atom is -0.493 e. The first-order chi connectivity index (χ1) is 13.0. The highest BCUT2D eigenvalue weighted by Gasteiger charge is 2.35. The highest BCUT2D eigenvalue weighted by Crippen LogP contribution is 2.30. The van der Waals surface area contributed by atoms with Crippen molar-refractivity contribution in [3.8, 4) is 11.5 Å². The van der Waals surface area contributed by atoms with Gasteiger partial charge in [0.25, 0.3) is 11.8 Å². The number of ether oxygens (including phenoxy) is 2. The molecule has 0 unspecified atom stereocenters. The fourth-order valence-corrected chi connectivity index (χ4v) is 3.07. The molecule has 1 aliphatic heterocycles. The Bertz CT molecular complexity index is 968. The third-order valence-electron chi connectivity index (χ3n) is 4.18. The molecule has 2 amide bonds. The smallest absolute Gasteiger partial charge is 0.270 e. The number of thiocarbonyl (C=S) groups is 1. The van der Waals surface area contributed by atoms with Gasteiger partial charge in [-0.05, 0) is 54.5 Å². The monoisotopic (exact) mass is 382 g/mol. The van der Waals surface area contributed by atoms with Crippen molar-refractivity contribution in [2.45, 2.75) is 6.92 Å². The Morgan fingerprint density at radius 2 is 1.74 bits per heavy atom. The van der Waals surface area contributed by atoms with E-state index in [1.165, 1.54) is 25.2 Å². The third kappa shape index (κ3) is 3.54. The summed E-state index contributed by atoms with van der Waals surface area (Å²) in [6.45, 7) is 1.87. The number of methoxy groups -OCH3 is 2. The van der Waals surface area contributed by atoms with Crippen LogP contribution in [0.25, 0.3) is 6.08 Å².